The second-order valence-corrected chi connectivity index (χ2v) is 5.43. The van der Waals surface area contributed by atoms with E-state index in [-0.39, 0.29) is 11.7 Å². The van der Waals surface area contributed by atoms with Gasteiger partial charge in [0.25, 0.3) is 0 Å². The first-order valence-corrected chi connectivity index (χ1v) is 7.35. The van der Waals surface area contributed by atoms with E-state index in [0.717, 1.165) is 11.1 Å². The molecule has 1 amide bonds. The molecule has 0 saturated carbocycles. The quantitative estimate of drug-likeness (QED) is 0.890. The molecule has 0 aromatic heterocycles. The summed E-state index contributed by atoms with van der Waals surface area (Å²) in [6, 6.07) is 15.5. The maximum atomic E-state index is 12.8. The van der Waals surface area contributed by atoms with Gasteiger partial charge in [0.15, 0.2) is 0 Å². The minimum atomic E-state index is -0.541. The molecule has 2 N–H and O–H groups in total. The molecule has 0 aliphatic rings. The van der Waals surface area contributed by atoms with Crippen LogP contribution in [0.2, 0.25) is 0 Å². The van der Waals surface area contributed by atoms with Crippen molar-refractivity contribution in [2.45, 2.75) is 18.9 Å². The molecule has 3 nitrogen and oxygen atoms in total. The fourth-order valence-electron chi connectivity index (χ4n) is 2.30. The van der Waals surface area contributed by atoms with Crippen molar-refractivity contribution in [3.63, 3.8) is 0 Å². The van der Waals surface area contributed by atoms with Gasteiger partial charge in [-0.3, -0.25) is 4.79 Å². The molecule has 1 atom stereocenters. The Morgan fingerprint density at radius 2 is 1.73 bits per heavy atom. The third-order valence-corrected chi connectivity index (χ3v) is 3.64. The highest BCUT2D eigenvalue weighted by Crippen LogP contribution is 2.06. The van der Waals surface area contributed by atoms with Crippen molar-refractivity contribution in [2.24, 2.45) is 5.73 Å². The van der Waals surface area contributed by atoms with Crippen LogP contribution in [0.15, 0.2) is 54.6 Å². The Labute approximate surface area is 130 Å². The molecule has 0 spiro atoms. The van der Waals surface area contributed by atoms with Crippen LogP contribution in [0.3, 0.4) is 0 Å². The van der Waals surface area contributed by atoms with Crippen LogP contribution in [-0.2, 0) is 17.6 Å². The molecule has 0 radical (unpaired) electrons. The third kappa shape index (κ3) is 4.67. The number of carbonyl (C=O) groups is 1. The van der Waals surface area contributed by atoms with Gasteiger partial charge in [0.1, 0.15) is 5.82 Å². The number of likely N-dealkylation sites (N-methyl/N-ethyl adjacent to an activating group) is 1. The van der Waals surface area contributed by atoms with E-state index >= 15 is 0 Å². The number of nitrogens with two attached hydrogens (primary N) is 1. The van der Waals surface area contributed by atoms with E-state index in [0.29, 0.717) is 19.4 Å². The van der Waals surface area contributed by atoms with E-state index in [1.165, 1.54) is 12.1 Å². The van der Waals surface area contributed by atoms with Crippen molar-refractivity contribution < 1.29 is 9.18 Å². The Morgan fingerprint density at radius 3 is 2.36 bits per heavy atom. The van der Waals surface area contributed by atoms with Crippen molar-refractivity contribution in [3.8, 4) is 0 Å². The summed E-state index contributed by atoms with van der Waals surface area (Å²) in [5.41, 5.74) is 8.05. The molecule has 0 heterocycles. The lowest BCUT2D eigenvalue weighted by molar-refractivity contribution is -0.131. The summed E-state index contributed by atoms with van der Waals surface area (Å²) >= 11 is 0. The number of hydrogen-bond donors (Lipinski definition) is 1. The second-order valence-electron chi connectivity index (χ2n) is 5.43. The fourth-order valence-corrected chi connectivity index (χ4v) is 2.30. The molecular weight excluding hydrogens is 279 g/mol. The van der Waals surface area contributed by atoms with Gasteiger partial charge in [0.2, 0.25) is 5.91 Å². The molecule has 0 unspecified atom stereocenters. The highest BCUT2D eigenvalue weighted by molar-refractivity contribution is 5.81. The van der Waals surface area contributed by atoms with Crippen molar-refractivity contribution in [3.05, 3.63) is 71.5 Å². The van der Waals surface area contributed by atoms with Gasteiger partial charge in [-0.2, -0.15) is 0 Å². The predicted molar refractivity (Wildman–Crippen MR) is 85.9 cm³/mol. The number of rotatable bonds is 6. The van der Waals surface area contributed by atoms with Gasteiger partial charge in [-0.25, -0.2) is 4.39 Å². The van der Waals surface area contributed by atoms with Gasteiger partial charge >= 0.3 is 0 Å². The third-order valence-electron chi connectivity index (χ3n) is 3.64. The molecule has 0 fully saturated rings. The Hall–Kier alpha value is -2.20. The van der Waals surface area contributed by atoms with E-state index in [9.17, 15) is 9.18 Å². The fraction of sp³-hybridized carbons (Fsp3) is 0.278. The molecule has 0 bridgehead atoms. The van der Waals surface area contributed by atoms with Crippen LogP contribution < -0.4 is 5.73 Å². The average molecular weight is 300 g/mol. The first-order valence-electron chi connectivity index (χ1n) is 7.35. The molecule has 2 aromatic carbocycles. The Bertz CT molecular complexity index is 598. The van der Waals surface area contributed by atoms with E-state index in [4.69, 9.17) is 5.73 Å². The van der Waals surface area contributed by atoms with Crippen LogP contribution in [0.1, 0.15) is 11.1 Å². The summed E-state index contributed by atoms with van der Waals surface area (Å²) in [6.07, 6.45) is 1.21. The van der Waals surface area contributed by atoms with Crippen LogP contribution in [0.4, 0.5) is 4.39 Å². The summed E-state index contributed by atoms with van der Waals surface area (Å²) in [5.74, 6) is -0.330. The highest BCUT2D eigenvalue weighted by Gasteiger charge is 2.18. The molecule has 0 aliphatic carbocycles. The first kappa shape index (κ1) is 16.2. The molecule has 2 rings (SSSR count). The molecule has 116 valence electrons. The van der Waals surface area contributed by atoms with Crippen molar-refractivity contribution >= 4 is 5.91 Å². The maximum Gasteiger partial charge on any atom is 0.239 e. The minimum Gasteiger partial charge on any atom is -0.344 e. The Morgan fingerprint density at radius 1 is 1.09 bits per heavy atom. The largest absolute Gasteiger partial charge is 0.344 e. The lowest BCUT2D eigenvalue weighted by Crippen LogP contribution is -2.43. The van der Waals surface area contributed by atoms with Gasteiger partial charge in [0, 0.05) is 13.6 Å². The topological polar surface area (TPSA) is 46.3 Å². The molecule has 0 aliphatic heterocycles. The summed E-state index contributed by atoms with van der Waals surface area (Å²) in [5, 5.41) is 0. The first-order chi connectivity index (χ1) is 10.6. The van der Waals surface area contributed by atoms with Crippen LogP contribution >= 0.6 is 0 Å². The molecule has 4 heteroatoms. The predicted octanol–water partition coefficient (Wildman–Crippen LogP) is 2.40. The zero-order valence-electron chi connectivity index (χ0n) is 12.7. The van der Waals surface area contributed by atoms with Crippen LogP contribution in [0.5, 0.6) is 0 Å². The molecule has 2 aromatic rings. The molecule has 22 heavy (non-hydrogen) atoms. The Kier molecular flexibility index (Phi) is 5.67. The zero-order valence-corrected chi connectivity index (χ0v) is 12.7. The van der Waals surface area contributed by atoms with Crippen LogP contribution in [-0.4, -0.2) is 30.4 Å². The number of benzene rings is 2. The number of carbonyl (C=O) groups excluding carboxylic acids is 1. The number of halogens is 1. The standard InChI is InChI=1S/C18H21FN2O/c1-21(12-11-14-7-9-16(19)10-8-14)18(22)17(20)13-15-5-3-2-4-6-15/h2-10,17H,11-13,20H2,1H3/t17-/m0/s1. The van der Waals surface area contributed by atoms with Crippen molar-refractivity contribution in [1.29, 1.82) is 0 Å². The normalized spacial score (nSPS) is 12.0. The highest BCUT2D eigenvalue weighted by atomic mass is 19.1. The van der Waals surface area contributed by atoms with Gasteiger partial charge in [-0.15, -0.1) is 0 Å². The average Bonchev–Trinajstić information content (AvgIpc) is 2.54. The lowest BCUT2D eigenvalue weighted by atomic mass is 10.1. The summed E-state index contributed by atoms with van der Waals surface area (Å²) < 4.78 is 12.8. The summed E-state index contributed by atoms with van der Waals surface area (Å²) in [6.45, 7) is 0.562. The zero-order chi connectivity index (χ0) is 15.9. The Balaban J connectivity index is 1.84. The number of nitrogens with zero attached hydrogens (tertiary/aromatic N) is 1. The number of amides is 1. The smallest absolute Gasteiger partial charge is 0.239 e. The summed E-state index contributed by atoms with van der Waals surface area (Å²) in [4.78, 5) is 13.9. The molecule has 0 saturated heterocycles. The van der Waals surface area contributed by atoms with E-state index in [1.807, 2.05) is 30.3 Å². The van der Waals surface area contributed by atoms with Crippen LogP contribution in [0, 0.1) is 5.82 Å². The molecular formula is C18H21FN2O. The van der Waals surface area contributed by atoms with Gasteiger partial charge in [-0.1, -0.05) is 42.5 Å². The van der Waals surface area contributed by atoms with Crippen molar-refractivity contribution in [1.82, 2.24) is 4.90 Å². The van der Waals surface area contributed by atoms with E-state index < -0.39 is 6.04 Å². The van der Waals surface area contributed by atoms with Gasteiger partial charge in [-0.05, 0) is 36.1 Å². The lowest BCUT2D eigenvalue weighted by Gasteiger charge is -2.21. The van der Waals surface area contributed by atoms with Crippen LogP contribution in [0.25, 0.3) is 0 Å². The van der Waals surface area contributed by atoms with Gasteiger partial charge < -0.3 is 10.6 Å². The number of hydrogen-bond acceptors (Lipinski definition) is 2. The van der Waals surface area contributed by atoms with E-state index in [2.05, 4.69) is 0 Å². The van der Waals surface area contributed by atoms with E-state index in [1.54, 1.807) is 24.1 Å². The van der Waals surface area contributed by atoms with Gasteiger partial charge in [0.05, 0.1) is 6.04 Å². The second kappa shape index (κ2) is 7.71. The maximum absolute atomic E-state index is 12.8. The monoisotopic (exact) mass is 300 g/mol. The minimum absolute atomic E-state index is 0.0778. The SMILES string of the molecule is CN(CCc1ccc(F)cc1)C(=O)[C@@H](N)Cc1ccccc1. The van der Waals surface area contributed by atoms with Crippen molar-refractivity contribution in [2.75, 3.05) is 13.6 Å². The summed E-state index contributed by atoms with van der Waals surface area (Å²) in [7, 11) is 1.75.